The molecule has 2 aromatic rings. The highest BCUT2D eigenvalue weighted by Crippen LogP contribution is 2.21. The lowest BCUT2D eigenvalue weighted by atomic mass is 10.2. The van der Waals surface area contributed by atoms with Gasteiger partial charge in [0.1, 0.15) is 0 Å². The van der Waals surface area contributed by atoms with E-state index in [1.54, 1.807) is 7.05 Å². The van der Waals surface area contributed by atoms with Crippen LogP contribution in [0.15, 0.2) is 24.4 Å². The lowest BCUT2D eigenvalue weighted by Crippen LogP contribution is -2.40. The summed E-state index contributed by atoms with van der Waals surface area (Å²) < 4.78 is 0. The van der Waals surface area contributed by atoms with E-state index in [2.05, 4.69) is 17.6 Å². The average Bonchev–Trinajstić information content (AvgIpc) is 2.66. The summed E-state index contributed by atoms with van der Waals surface area (Å²) in [6.45, 7) is 6.06. The highest BCUT2D eigenvalue weighted by atomic mass is 35.5. The van der Waals surface area contributed by atoms with E-state index in [1.807, 2.05) is 38.2 Å². The minimum absolute atomic E-state index is 0.792. The van der Waals surface area contributed by atoms with Crippen LogP contribution in [0.4, 0.5) is 0 Å². The van der Waals surface area contributed by atoms with Gasteiger partial charge in [-0.1, -0.05) is 25.4 Å². The van der Waals surface area contributed by atoms with Crippen LogP contribution in [0.25, 0.3) is 10.9 Å². The van der Waals surface area contributed by atoms with Gasteiger partial charge >= 0.3 is 0 Å². The molecule has 0 aliphatic heterocycles. The van der Waals surface area contributed by atoms with E-state index < -0.39 is 0 Å². The molecule has 3 heteroatoms. The summed E-state index contributed by atoms with van der Waals surface area (Å²) in [5.41, 5.74) is 5.63. The minimum Gasteiger partial charge on any atom is -0.361 e. The molecule has 0 fully saturated rings. The first-order valence-corrected chi connectivity index (χ1v) is 5.59. The molecular weight excluding hydrogens is 208 g/mol. The van der Waals surface area contributed by atoms with Crippen molar-refractivity contribution in [1.82, 2.24) is 4.98 Å². The van der Waals surface area contributed by atoms with Gasteiger partial charge in [-0.3, -0.25) is 0 Å². The molecule has 15 heavy (non-hydrogen) atoms. The number of hydrogen-bond donors (Lipinski definition) is 2. The van der Waals surface area contributed by atoms with Gasteiger partial charge in [-0.15, -0.1) is 0 Å². The van der Waals surface area contributed by atoms with E-state index >= 15 is 0 Å². The van der Waals surface area contributed by atoms with E-state index in [0.29, 0.717) is 0 Å². The Morgan fingerprint density at radius 2 is 1.80 bits per heavy atom. The van der Waals surface area contributed by atoms with Crippen molar-refractivity contribution in [2.75, 3.05) is 7.05 Å². The minimum atomic E-state index is 0.792. The van der Waals surface area contributed by atoms with Gasteiger partial charge in [-0.05, 0) is 30.7 Å². The Labute approximate surface area is 96.4 Å². The number of nitrogens with one attached hydrogen (secondary N) is 1. The molecule has 2 nitrogen and oxygen atoms in total. The van der Waals surface area contributed by atoms with Crippen molar-refractivity contribution in [3.63, 3.8) is 0 Å². The second-order valence-electron chi connectivity index (χ2n) is 2.66. The Kier molecular flexibility index (Phi) is 6.84. The van der Waals surface area contributed by atoms with E-state index in [4.69, 9.17) is 11.6 Å². The van der Waals surface area contributed by atoms with Crippen LogP contribution in [0.1, 0.15) is 19.4 Å². The molecular formula is C12H20ClN2+. The van der Waals surface area contributed by atoms with Crippen LogP contribution in [0.3, 0.4) is 0 Å². The molecule has 1 aromatic heterocycles. The topological polar surface area (TPSA) is 43.4 Å². The Balaban J connectivity index is 0.000000442. The number of fused-ring (bicyclic) bond motifs is 1. The Hall–Kier alpha value is -0.990. The normalized spacial score (nSPS) is 8.67. The third-order valence-corrected chi connectivity index (χ3v) is 2.09. The second kappa shape index (κ2) is 7.32. The summed E-state index contributed by atoms with van der Waals surface area (Å²) in [5, 5.41) is 2.00. The van der Waals surface area contributed by atoms with Gasteiger partial charge in [0.15, 0.2) is 0 Å². The average molecular weight is 228 g/mol. The Morgan fingerprint density at radius 1 is 1.20 bits per heavy atom. The third kappa shape index (κ3) is 3.57. The van der Waals surface area contributed by atoms with Gasteiger partial charge < -0.3 is 10.7 Å². The lowest BCUT2D eigenvalue weighted by molar-refractivity contribution is -0.325. The molecule has 0 aliphatic rings. The number of rotatable bonds is 0. The van der Waals surface area contributed by atoms with Crippen molar-refractivity contribution in [2.45, 2.75) is 20.8 Å². The molecule has 0 aliphatic carbocycles. The molecule has 84 valence electrons. The van der Waals surface area contributed by atoms with Gasteiger partial charge in [0.05, 0.1) is 7.05 Å². The van der Waals surface area contributed by atoms with Crippen molar-refractivity contribution >= 4 is 22.5 Å². The summed E-state index contributed by atoms with van der Waals surface area (Å²) in [6.07, 6.45) is 1.99. The summed E-state index contributed by atoms with van der Waals surface area (Å²) in [4.78, 5) is 3.16. The quantitative estimate of drug-likeness (QED) is 0.695. The number of halogens is 1. The van der Waals surface area contributed by atoms with Crippen LogP contribution < -0.4 is 5.73 Å². The van der Waals surface area contributed by atoms with Gasteiger partial charge in [-0.25, -0.2) is 0 Å². The van der Waals surface area contributed by atoms with Crippen LogP contribution in [0.5, 0.6) is 0 Å². The molecule has 0 spiro atoms. The summed E-state index contributed by atoms with van der Waals surface area (Å²) in [6, 6.07) is 5.85. The summed E-state index contributed by atoms with van der Waals surface area (Å²) in [7, 11) is 1.75. The molecule has 0 saturated carbocycles. The summed E-state index contributed by atoms with van der Waals surface area (Å²) in [5.74, 6) is 0. The number of quaternary nitrogens is 1. The maximum atomic E-state index is 5.83. The van der Waals surface area contributed by atoms with Crippen LogP contribution in [0.2, 0.25) is 5.02 Å². The smallest absolute Gasteiger partial charge is 0.0634 e. The zero-order valence-electron chi connectivity index (χ0n) is 9.89. The van der Waals surface area contributed by atoms with Crippen LogP contribution >= 0.6 is 11.6 Å². The zero-order valence-corrected chi connectivity index (χ0v) is 10.7. The predicted molar refractivity (Wildman–Crippen MR) is 68.2 cm³/mol. The maximum Gasteiger partial charge on any atom is 0.0634 e. The Bertz CT molecular complexity index is 393. The van der Waals surface area contributed by atoms with Gasteiger partial charge in [0.2, 0.25) is 0 Å². The number of aryl methyl sites for hydroxylation is 1. The molecule has 0 unspecified atom stereocenters. The SMILES string of the molecule is CC.C[NH3+].Cc1c[nH]c2ccc(Cl)cc12. The molecule has 0 saturated heterocycles. The zero-order chi connectivity index (χ0) is 11.8. The Morgan fingerprint density at radius 3 is 2.40 bits per heavy atom. The second-order valence-corrected chi connectivity index (χ2v) is 3.10. The van der Waals surface area contributed by atoms with E-state index in [1.165, 1.54) is 10.9 Å². The summed E-state index contributed by atoms with van der Waals surface area (Å²) >= 11 is 5.83. The molecule has 0 radical (unpaired) electrons. The number of H-pyrrole nitrogens is 1. The predicted octanol–water partition coefficient (Wildman–Crippen LogP) is 3.01. The van der Waals surface area contributed by atoms with Crippen LogP contribution in [-0.4, -0.2) is 12.0 Å². The fraction of sp³-hybridized carbons (Fsp3) is 0.333. The van der Waals surface area contributed by atoms with E-state index in [0.717, 1.165) is 10.5 Å². The molecule has 1 aromatic carbocycles. The van der Waals surface area contributed by atoms with Crippen molar-refractivity contribution in [3.05, 3.63) is 35.0 Å². The van der Waals surface area contributed by atoms with Crippen LogP contribution in [-0.2, 0) is 0 Å². The first-order chi connectivity index (χ1) is 7.27. The lowest BCUT2D eigenvalue weighted by Gasteiger charge is -1.91. The first kappa shape index (κ1) is 14.0. The van der Waals surface area contributed by atoms with E-state index in [-0.39, 0.29) is 0 Å². The molecule has 0 amide bonds. The van der Waals surface area contributed by atoms with Crippen molar-refractivity contribution in [3.8, 4) is 0 Å². The number of aromatic amines is 1. The number of hydrogen-bond acceptors (Lipinski definition) is 0. The standard InChI is InChI=1S/C9H8ClN.C2H6.CH5N/c1-6-5-11-9-3-2-7(10)4-8(6)9;2*1-2/h2-5,11H,1H3;1-2H3;2H2,1H3/p+1. The van der Waals surface area contributed by atoms with E-state index in [9.17, 15) is 0 Å². The maximum absolute atomic E-state index is 5.83. The van der Waals surface area contributed by atoms with Gasteiger partial charge in [0.25, 0.3) is 0 Å². The number of aromatic nitrogens is 1. The fourth-order valence-corrected chi connectivity index (χ4v) is 1.40. The van der Waals surface area contributed by atoms with Crippen LogP contribution in [0, 0.1) is 6.92 Å². The molecule has 2 rings (SSSR count). The largest absolute Gasteiger partial charge is 0.361 e. The third-order valence-electron chi connectivity index (χ3n) is 1.85. The van der Waals surface area contributed by atoms with Crippen molar-refractivity contribution in [2.24, 2.45) is 0 Å². The monoisotopic (exact) mass is 227 g/mol. The molecule has 1 heterocycles. The first-order valence-electron chi connectivity index (χ1n) is 5.21. The molecule has 4 N–H and O–H groups in total. The van der Waals surface area contributed by atoms with Crippen molar-refractivity contribution < 1.29 is 5.73 Å². The number of benzene rings is 1. The highest BCUT2D eigenvalue weighted by molar-refractivity contribution is 6.31. The van der Waals surface area contributed by atoms with Gasteiger partial charge in [-0.2, -0.15) is 0 Å². The highest BCUT2D eigenvalue weighted by Gasteiger charge is 1.98. The molecule has 0 atom stereocenters. The molecule has 0 bridgehead atoms. The van der Waals surface area contributed by atoms with Gasteiger partial charge in [0, 0.05) is 22.1 Å². The fourth-order valence-electron chi connectivity index (χ4n) is 1.23. The van der Waals surface area contributed by atoms with Crippen molar-refractivity contribution in [1.29, 1.82) is 0 Å².